The summed E-state index contributed by atoms with van der Waals surface area (Å²) < 4.78 is 44.3. The van der Waals surface area contributed by atoms with Crippen molar-refractivity contribution >= 4 is 11.7 Å². The van der Waals surface area contributed by atoms with Crippen LogP contribution in [0.2, 0.25) is 0 Å². The Balaban J connectivity index is 1.43. The molecule has 0 N–H and O–H groups in total. The van der Waals surface area contributed by atoms with E-state index in [2.05, 4.69) is 20.1 Å². The second-order valence-electron chi connectivity index (χ2n) is 6.75. The van der Waals surface area contributed by atoms with Crippen molar-refractivity contribution in [2.75, 3.05) is 31.1 Å². The number of aromatic nitrogens is 4. The van der Waals surface area contributed by atoms with Crippen LogP contribution in [0, 0.1) is 6.92 Å². The Kier molecular flexibility index (Phi) is 5.10. The number of hydrogen-bond acceptors (Lipinski definition) is 7. The number of piperazine rings is 1. The third kappa shape index (κ3) is 4.09. The van der Waals surface area contributed by atoms with E-state index >= 15 is 0 Å². The number of amides is 1. The molecule has 0 bridgehead atoms. The first kappa shape index (κ1) is 19.8. The average Bonchev–Trinajstić information content (AvgIpc) is 3.23. The molecule has 1 fully saturated rings. The van der Waals surface area contributed by atoms with Gasteiger partial charge < -0.3 is 14.3 Å². The smallest absolute Gasteiger partial charge is 0.355 e. The molecule has 4 heterocycles. The fraction of sp³-hybridized carbons (Fsp3) is 0.316. The van der Waals surface area contributed by atoms with Gasteiger partial charge in [-0.3, -0.25) is 9.78 Å². The summed E-state index contributed by atoms with van der Waals surface area (Å²) in [6.45, 7) is 2.74. The monoisotopic (exact) mass is 418 g/mol. The molecule has 0 aliphatic carbocycles. The highest BCUT2D eigenvalue weighted by molar-refractivity contribution is 5.93. The second kappa shape index (κ2) is 7.73. The number of carbonyl (C=O) groups excluding carboxylic acids is 1. The van der Waals surface area contributed by atoms with Gasteiger partial charge >= 0.3 is 6.18 Å². The number of nitrogens with zero attached hydrogens (tertiary/aromatic N) is 6. The van der Waals surface area contributed by atoms with Crippen LogP contribution in [0.1, 0.15) is 22.0 Å². The molecule has 4 rings (SSSR count). The van der Waals surface area contributed by atoms with Crippen molar-refractivity contribution in [3.05, 3.63) is 53.9 Å². The second-order valence-corrected chi connectivity index (χ2v) is 6.75. The van der Waals surface area contributed by atoms with E-state index in [-0.39, 0.29) is 23.2 Å². The maximum atomic E-state index is 13.0. The highest BCUT2D eigenvalue weighted by Crippen LogP contribution is 2.30. The van der Waals surface area contributed by atoms with Gasteiger partial charge in [0.15, 0.2) is 11.5 Å². The summed E-state index contributed by atoms with van der Waals surface area (Å²) in [6, 6.07) is 6.02. The molecular formula is C19H17F3N6O2. The number of alkyl halides is 3. The Labute approximate surface area is 169 Å². The van der Waals surface area contributed by atoms with Crippen molar-refractivity contribution in [2.24, 2.45) is 0 Å². The molecule has 1 saturated heterocycles. The van der Waals surface area contributed by atoms with Gasteiger partial charge in [-0.05, 0) is 19.1 Å². The molecule has 0 atom stereocenters. The van der Waals surface area contributed by atoms with Gasteiger partial charge in [-0.25, -0.2) is 9.97 Å². The van der Waals surface area contributed by atoms with E-state index in [1.807, 2.05) is 0 Å². The van der Waals surface area contributed by atoms with Gasteiger partial charge in [-0.1, -0.05) is 5.16 Å². The maximum absolute atomic E-state index is 13.0. The van der Waals surface area contributed by atoms with Crippen molar-refractivity contribution in [2.45, 2.75) is 13.1 Å². The minimum Gasteiger partial charge on any atom is -0.355 e. The summed E-state index contributed by atoms with van der Waals surface area (Å²) in [5.74, 6) is 0.371. The predicted octanol–water partition coefficient (Wildman–Crippen LogP) is 2.82. The third-order valence-electron chi connectivity index (χ3n) is 4.68. The molecule has 156 valence electrons. The number of aryl methyl sites for hydroxylation is 1. The fourth-order valence-electron chi connectivity index (χ4n) is 3.18. The average molecular weight is 418 g/mol. The quantitative estimate of drug-likeness (QED) is 0.646. The van der Waals surface area contributed by atoms with Crippen molar-refractivity contribution < 1.29 is 22.5 Å². The Morgan fingerprint density at radius 3 is 2.57 bits per heavy atom. The van der Waals surface area contributed by atoms with E-state index in [4.69, 9.17) is 4.52 Å². The van der Waals surface area contributed by atoms with Gasteiger partial charge in [-0.15, -0.1) is 0 Å². The third-order valence-corrected chi connectivity index (χ3v) is 4.68. The Morgan fingerprint density at radius 1 is 1.13 bits per heavy atom. The number of hydrogen-bond donors (Lipinski definition) is 0. The van der Waals surface area contributed by atoms with Crippen molar-refractivity contribution in [1.82, 2.24) is 25.0 Å². The highest BCUT2D eigenvalue weighted by atomic mass is 19.4. The first-order chi connectivity index (χ1) is 14.3. The molecule has 8 nitrogen and oxygen atoms in total. The molecule has 3 aromatic heterocycles. The zero-order chi connectivity index (χ0) is 21.3. The van der Waals surface area contributed by atoms with Crippen molar-refractivity contribution in [1.29, 1.82) is 0 Å². The molecule has 1 amide bonds. The lowest BCUT2D eigenvalue weighted by Gasteiger charge is -2.35. The number of anilines is 1. The van der Waals surface area contributed by atoms with Crippen LogP contribution in [-0.4, -0.2) is 57.1 Å². The fourth-order valence-corrected chi connectivity index (χ4v) is 3.18. The van der Waals surface area contributed by atoms with Crippen LogP contribution >= 0.6 is 0 Å². The van der Waals surface area contributed by atoms with Gasteiger partial charge in [0.2, 0.25) is 0 Å². The summed E-state index contributed by atoms with van der Waals surface area (Å²) in [5, 5.41) is 3.84. The number of pyridine rings is 1. The first-order valence-electron chi connectivity index (χ1n) is 9.15. The Hall–Kier alpha value is -3.50. The molecule has 3 aromatic rings. The van der Waals surface area contributed by atoms with Crippen LogP contribution in [0.15, 0.2) is 41.2 Å². The van der Waals surface area contributed by atoms with E-state index in [0.29, 0.717) is 37.5 Å². The first-order valence-corrected chi connectivity index (χ1v) is 9.15. The number of carbonyl (C=O) groups is 1. The van der Waals surface area contributed by atoms with Crippen LogP contribution in [0.5, 0.6) is 0 Å². The largest absolute Gasteiger partial charge is 0.433 e. The van der Waals surface area contributed by atoms with Crippen molar-refractivity contribution in [3.63, 3.8) is 0 Å². The minimum absolute atomic E-state index is 0.0452. The van der Waals surface area contributed by atoms with Gasteiger partial charge in [0.25, 0.3) is 5.91 Å². The molecule has 11 heteroatoms. The van der Waals surface area contributed by atoms with Gasteiger partial charge in [0.1, 0.15) is 17.3 Å². The summed E-state index contributed by atoms with van der Waals surface area (Å²) >= 11 is 0. The molecule has 0 saturated carbocycles. The molecule has 0 spiro atoms. The normalized spacial score (nSPS) is 14.8. The van der Waals surface area contributed by atoms with Crippen LogP contribution in [0.25, 0.3) is 11.3 Å². The summed E-state index contributed by atoms with van der Waals surface area (Å²) in [7, 11) is 0. The lowest BCUT2D eigenvalue weighted by Crippen LogP contribution is -2.49. The molecule has 0 aromatic carbocycles. The molecule has 30 heavy (non-hydrogen) atoms. The van der Waals surface area contributed by atoms with E-state index < -0.39 is 11.9 Å². The van der Waals surface area contributed by atoms with E-state index in [1.54, 1.807) is 40.4 Å². The van der Waals surface area contributed by atoms with Crippen LogP contribution < -0.4 is 4.90 Å². The lowest BCUT2D eigenvalue weighted by molar-refractivity contribution is -0.141. The van der Waals surface area contributed by atoms with Crippen LogP contribution in [0.4, 0.5) is 19.0 Å². The highest BCUT2D eigenvalue weighted by Gasteiger charge is 2.34. The molecule has 1 aliphatic heterocycles. The lowest BCUT2D eigenvalue weighted by atomic mass is 10.2. The van der Waals surface area contributed by atoms with Crippen LogP contribution in [0.3, 0.4) is 0 Å². The number of rotatable bonds is 3. The van der Waals surface area contributed by atoms with E-state index in [1.165, 1.54) is 6.92 Å². The van der Waals surface area contributed by atoms with E-state index in [0.717, 1.165) is 6.07 Å². The SMILES string of the molecule is Cc1nc(N2CCN(C(=O)c3cc(-c4cccnc4)on3)CC2)cc(C(F)(F)F)n1. The van der Waals surface area contributed by atoms with E-state index in [9.17, 15) is 18.0 Å². The van der Waals surface area contributed by atoms with Gasteiger partial charge in [0.05, 0.1) is 0 Å². The summed E-state index contributed by atoms with van der Waals surface area (Å²) in [6.07, 6.45) is -1.31. The summed E-state index contributed by atoms with van der Waals surface area (Å²) in [4.78, 5) is 27.6. The van der Waals surface area contributed by atoms with Crippen LogP contribution in [-0.2, 0) is 6.18 Å². The zero-order valence-electron chi connectivity index (χ0n) is 15.9. The predicted molar refractivity (Wildman–Crippen MR) is 99.6 cm³/mol. The zero-order valence-corrected chi connectivity index (χ0v) is 15.9. The minimum atomic E-state index is -4.54. The molecule has 0 radical (unpaired) electrons. The standard InChI is InChI=1S/C19H17F3N6O2/c1-12-24-16(19(20,21)22)10-17(25-12)27-5-7-28(8-6-27)18(29)14-9-15(30-26-14)13-3-2-4-23-11-13/h2-4,9-11H,5-8H2,1H3. The molecule has 0 unspecified atom stereocenters. The Morgan fingerprint density at radius 2 is 1.90 bits per heavy atom. The number of halogens is 3. The van der Waals surface area contributed by atoms with Gasteiger partial charge in [0, 0.05) is 56.3 Å². The molecular weight excluding hydrogens is 401 g/mol. The Bertz CT molecular complexity index is 1050. The van der Waals surface area contributed by atoms with Crippen molar-refractivity contribution in [3.8, 4) is 11.3 Å². The van der Waals surface area contributed by atoms with Gasteiger partial charge in [-0.2, -0.15) is 13.2 Å². The maximum Gasteiger partial charge on any atom is 0.433 e. The molecule has 1 aliphatic rings. The summed E-state index contributed by atoms with van der Waals surface area (Å²) in [5.41, 5.74) is -0.109. The topological polar surface area (TPSA) is 88.3 Å².